The lowest BCUT2D eigenvalue weighted by Gasteiger charge is -2.14. The molecule has 8 heteroatoms. The van der Waals surface area contributed by atoms with Crippen molar-refractivity contribution in [3.05, 3.63) is 58.1 Å². The fraction of sp³-hybridized carbons (Fsp3) is 0.211. The van der Waals surface area contributed by atoms with Gasteiger partial charge in [-0.3, -0.25) is 9.59 Å². The van der Waals surface area contributed by atoms with E-state index in [-0.39, 0.29) is 12.4 Å². The van der Waals surface area contributed by atoms with E-state index in [4.69, 9.17) is 32.7 Å². The maximum Gasteiger partial charge on any atom is 0.344 e. The third kappa shape index (κ3) is 6.58. The molecule has 0 aliphatic rings. The van der Waals surface area contributed by atoms with Gasteiger partial charge in [-0.1, -0.05) is 23.2 Å². The Balaban J connectivity index is 1.83. The zero-order chi connectivity index (χ0) is 20.0. The van der Waals surface area contributed by atoms with Crippen molar-refractivity contribution in [3.63, 3.8) is 0 Å². The summed E-state index contributed by atoms with van der Waals surface area (Å²) in [5, 5.41) is 3.30. The monoisotopic (exact) mass is 409 g/mol. The highest BCUT2D eigenvalue weighted by Gasteiger charge is 2.18. The second-order valence-electron chi connectivity index (χ2n) is 5.65. The summed E-state index contributed by atoms with van der Waals surface area (Å²) < 4.78 is 10.3. The second kappa shape index (κ2) is 9.39. The molecular weight excluding hydrogens is 393 g/mol. The maximum atomic E-state index is 12.1. The minimum atomic E-state index is -1.04. The Morgan fingerprint density at radius 2 is 1.63 bits per heavy atom. The Hall–Kier alpha value is -2.57. The van der Waals surface area contributed by atoms with Crippen molar-refractivity contribution in [2.24, 2.45) is 0 Å². The van der Waals surface area contributed by atoms with E-state index in [0.717, 1.165) is 0 Å². The molecule has 0 unspecified atom stereocenters. The number of carbonyl (C=O) groups is 3. The van der Waals surface area contributed by atoms with Gasteiger partial charge in [-0.2, -0.15) is 0 Å². The Labute approximate surface area is 166 Å². The summed E-state index contributed by atoms with van der Waals surface area (Å²) in [4.78, 5) is 35.2. The van der Waals surface area contributed by atoms with Crippen LogP contribution < -0.4 is 10.1 Å². The number of anilines is 1. The first-order valence-corrected chi connectivity index (χ1v) is 8.70. The summed E-state index contributed by atoms with van der Waals surface area (Å²) in [6.07, 6.45) is -1.04. The van der Waals surface area contributed by atoms with Gasteiger partial charge >= 0.3 is 5.97 Å². The molecule has 2 rings (SSSR count). The number of hydrogen-bond donors (Lipinski definition) is 1. The molecule has 1 amide bonds. The summed E-state index contributed by atoms with van der Waals surface area (Å²) in [6, 6.07) is 10.9. The van der Waals surface area contributed by atoms with E-state index < -0.39 is 18.0 Å². The zero-order valence-corrected chi connectivity index (χ0v) is 16.1. The van der Waals surface area contributed by atoms with Gasteiger partial charge in [0.2, 0.25) is 0 Å². The van der Waals surface area contributed by atoms with Gasteiger partial charge < -0.3 is 14.8 Å². The number of halogens is 2. The molecule has 0 saturated carbocycles. The van der Waals surface area contributed by atoms with Crippen molar-refractivity contribution in [2.45, 2.75) is 20.0 Å². The molecule has 0 radical (unpaired) electrons. The van der Waals surface area contributed by atoms with Crippen molar-refractivity contribution >= 4 is 46.5 Å². The molecule has 1 N–H and O–H groups in total. The molecule has 0 spiro atoms. The van der Waals surface area contributed by atoms with Crippen molar-refractivity contribution < 1.29 is 23.9 Å². The SMILES string of the molecule is CC(=O)c1ccc(OCC(=O)O[C@@H](C)C(=O)Nc2cc(Cl)cc(Cl)c2)cc1. The lowest BCUT2D eigenvalue weighted by molar-refractivity contribution is -0.155. The van der Waals surface area contributed by atoms with E-state index in [1.807, 2.05) is 0 Å². The van der Waals surface area contributed by atoms with Gasteiger partial charge in [0, 0.05) is 21.3 Å². The highest BCUT2D eigenvalue weighted by molar-refractivity contribution is 6.35. The van der Waals surface area contributed by atoms with Crippen LogP contribution in [0.4, 0.5) is 5.69 Å². The van der Waals surface area contributed by atoms with Crippen LogP contribution in [0, 0.1) is 0 Å². The number of benzene rings is 2. The third-order valence-electron chi connectivity index (χ3n) is 3.43. The number of rotatable bonds is 7. The number of ether oxygens (including phenoxy) is 2. The number of carbonyl (C=O) groups excluding carboxylic acids is 3. The van der Waals surface area contributed by atoms with Gasteiger partial charge in [-0.15, -0.1) is 0 Å². The molecule has 2 aromatic carbocycles. The smallest absolute Gasteiger partial charge is 0.344 e. The standard InChI is InChI=1S/C19H17Cl2NO5/c1-11(23)13-3-5-17(6-4-13)26-10-18(24)27-12(2)19(25)22-16-8-14(20)7-15(21)9-16/h3-9,12H,10H2,1-2H3,(H,22,25)/t12-/m0/s1. The van der Waals surface area contributed by atoms with E-state index in [1.165, 1.54) is 32.0 Å². The van der Waals surface area contributed by atoms with Gasteiger partial charge in [0.1, 0.15) is 5.75 Å². The minimum Gasteiger partial charge on any atom is -0.482 e. The fourth-order valence-corrected chi connectivity index (χ4v) is 2.61. The van der Waals surface area contributed by atoms with E-state index in [2.05, 4.69) is 5.32 Å². The number of nitrogens with one attached hydrogen (secondary N) is 1. The number of amides is 1. The van der Waals surface area contributed by atoms with Gasteiger partial charge in [-0.05, 0) is 56.3 Å². The first kappa shape index (κ1) is 20.7. The minimum absolute atomic E-state index is 0.0678. The first-order valence-electron chi connectivity index (χ1n) is 7.95. The van der Waals surface area contributed by atoms with Crippen LogP contribution in [-0.4, -0.2) is 30.4 Å². The molecular formula is C19H17Cl2NO5. The van der Waals surface area contributed by atoms with Crippen molar-refractivity contribution in [3.8, 4) is 5.75 Å². The van der Waals surface area contributed by atoms with Crippen LogP contribution in [0.3, 0.4) is 0 Å². The van der Waals surface area contributed by atoms with Crippen LogP contribution in [0.15, 0.2) is 42.5 Å². The summed E-state index contributed by atoms with van der Waals surface area (Å²) in [5.41, 5.74) is 0.929. The number of ketones is 1. The lowest BCUT2D eigenvalue weighted by Crippen LogP contribution is -2.31. The Morgan fingerprint density at radius 3 is 2.19 bits per heavy atom. The molecule has 1 atom stereocenters. The Bertz CT molecular complexity index is 831. The predicted molar refractivity (Wildman–Crippen MR) is 103 cm³/mol. The molecule has 0 aliphatic carbocycles. The summed E-state index contributed by atoms with van der Waals surface area (Å²) in [5.74, 6) is -0.908. The van der Waals surface area contributed by atoms with E-state index >= 15 is 0 Å². The molecule has 0 fully saturated rings. The summed E-state index contributed by atoms with van der Waals surface area (Å²) >= 11 is 11.7. The van der Waals surface area contributed by atoms with Gasteiger partial charge in [0.25, 0.3) is 5.91 Å². The quantitative estimate of drug-likeness (QED) is 0.548. The molecule has 0 heterocycles. The number of esters is 1. The van der Waals surface area contributed by atoms with Crippen molar-refractivity contribution in [1.29, 1.82) is 0 Å². The largest absolute Gasteiger partial charge is 0.482 e. The summed E-state index contributed by atoms with van der Waals surface area (Å²) in [7, 11) is 0. The highest BCUT2D eigenvalue weighted by atomic mass is 35.5. The summed E-state index contributed by atoms with van der Waals surface area (Å²) in [6.45, 7) is 2.51. The highest BCUT2D eigenvalue weighted by Crippen LogP contribution is 2.22. The zero-order valence-electron chi connectivity index (χ0n) is 14.6. The Kier molecular flexibility index (Phi) is 7.21. The van der Waals surface area contributed by atoms with Crippen LogP contribution in [0.2, 0.25) is 10.0 Å². The average molecular weight is 410 g/mol. The maximum absolute atomic E-state index is 12.1. The molecule has 27 heavy (non-hydrogen) atoms. The van der Waals surface area contributed by atoms with Crippen LogP contribution >= 0.6 is 23.2 Å². The van der Waals surface area contributed by atoms with E-state index in [0.29, 0.717) is 27.0 Å². The van der Waals surface area contributed by atoms with Crippen LogP contribution in [-0.2, 0) is 14.3 Å². The second-order valence-corrected chi connectivity index (χ2v) is 6.52. The first-order chi connectivity index (χ1) is 12.7. The van der Waals surface area contributed by atoms with Crippen molar-refractivity contribution in [2.75, 3.05) is 11.9 Å². The lowest BCUT2D eigenvalue weighted by atomic mass is 10.1. The van der Waals surface area contributed by atoms with Crippen LogP contribution in [0.5, 0.6) is 5.75 Å². The molecule has 2 aromatic rings. The van der Waals surface area contributed by atoms with E-state index in [9.17, 15) is 14.4 Å². The van der Waals surface area contributed by atoms with Crippen LogP contribution in [0.1, 0.15) is 24.2 Å². The Morgan fingerprint density at radius 1 is 1.04 bits per heavy atom. The molecule has 142 valence electrons. The average Bonchev–Trinajstić information content (AvgIpc) is 2.59. The van der Waals surface area contributed by atoms with E-state index in [1.54, 1.807) is 24.3 Å². The van der Waals surface area contributed by atoms with Gasteiger partial charge in [0.15, 0.2) is 18.5 Å². The predicted octanol–water partition coefficient (Wildman–Crippen LogP) is 4.15. The van der Waals surface area contributed by atoms with Crippen molar-refractivity contribution in [1.82, 2.24) is 0 Å². The molecule has 0 bridgehead atoms. The normalized spacial score (nSPS) is 11.4. The number of Topliss-reactive ketones (excluding diaryl/α,β-unsaturated/α-hetero) is 1. The molecule has 0 saturated heterocycles. The molecule has 0 aliphatic heterocycles. The number of hydrogen-bond acceptors (Lipinski definition) is 5. The third-order valence-corrected chi connectivity index (χ3v) is 3.86. The molecule has 0 aromatic heterocycles. The van der Waals surface area contributed by atoms with Gasteiger partial charge in [-0.25, -0.2) is 4.79 Å². The topological polar surface area (TPSA) is 81.7 Å². The van der Waals surface area contributed by atoms with Gasteiger partial charge in [0.05, 0.1) is 0 Å². The molecule has 6 nitrogen and oxygen atoms in total. The fourth-order valence-electron chi connectivity index (χ4n) is 2.08. The van der Waals surface area contributed by atoms with Crippen LogP contribution in [0.25, 0.3) is 0 Å².